The summed E-state index contributed by atoms with van der Waals surface area (Å²) in [5.41, 5.74) is 0. The lowest BCUT2D eigenvalue weighted by molar-refractivity contribution is -0.121. The van der Waals surface area contributed by atoms with Gasteiger partial charge in [0.05, 0.1) is 6.10 Å². The zero-order valence-electron chi connectivity index (χ0n) is 9.54. The topological polar surface area (TPSA) is 52.6 Å². The minimum absolute atomic E-state index is 0.0510. The molecular formula is C11H22N2O2. The van der Waals surface area contributed by atoms with E-state index in [1.807, 2.05) is 0 Å². The summed E-state index contributed by atoms with van der Waals surface area (Å²) < 4.78 is 0. The van der Waals surface area contributed by atoms with Gasteiger partial charge >= 0.3 is 0 Å². The van der Waals surface area contributed by atoms with Crippen LogP contribution >= 0.6 is 0 Å². The van der Waals surface area contributed by atoms with Crippen LogP contribution in [0, 0.1) is 0 Å². The van der Waals surface area contributed by atoms with E-state index in [2.05, 4.69) is 10.2 Å². The standard InChI is InChI=1S/C11H22N2O2/c1-10(14)4-5-11(15)12-6-9-13-7-2-3-8-13/h10,14H,2-9H2,1H3,(H,12,15). The fourth-order valence-corrected chi connectivity index (χ4v) is 1.79. The molecule has 1 fully saturated rings. The summed E-state index contributed by atoms with van der Waals surface area (Å²) in [5, 5.41) is 11.9. The Hall–Kier alpha value is -0.610. The number of nitrogens with zero attached hydrogens (tertiary/aromatic N) is 1. The van der Waals surface area contributed by atoms with E-state index in [4.69, 9.17) is 5.11 Å². The van der Waals surface area contributed by atoms with Gasteiger partial charge in [0.2, 0.25) is 5.91 Å². The van der Waals surface area contributed by atoms with Crippen molar-refractivity contribution >= 4 is 5.91 Å². The molecule has 1 aliphatic rings. The first-order chi connectivity index (χ1) is 7.18. The van der Waals surface area contributed by atoms with Crippen molar-refractivity contribution in [2.24, 2.45) is 0 Å². The fourth-order valence-electron chi connectivity index (χ4n) is 1.79. The first-order valence-electron chi connectivity index (χ1n) is 5.85. The van der Waals surface area contributed by atoms with E-state index in [-0.39, 0.29) is 12.0 Å². The normalized spacial score (nSPS) is 19.1. The van der Waals surface area contributed by atoms with Gasteiger partial charge in [0, 0.05) is 19.5 Å². The fraction of sp³-hybridized carbons (Fsp3) is 0.909. The van der Waals surface area contributed by atoms with E-state index in [0.29, 0.717) is 12.8 Å². The number of amides is 1. The molecule has 4 heteroatoms. The van der Waals surface area contributed by atoms with Crippen LogP contribution in [0.25, 0.3) is 0 Å². The smallest absolute Gasteiger partial charge is 0.220 e. The maximum Gasteiger partial charge on any atom is 0.220 e. The molecule has 1 unspecified atom stereocenters. The van der Waals surface area contributed by atoms with Crippen LogP contribution in [0.2, 0.25) is 0 Å². The van der Waals surface area contributed by atoms with Crippen LogP contribution in [0.3, 0.4) is 0 Å². The Balaban J connectivity index is 1.96. The first kappa shape index (κ1) is 12.5. The number of carbonyl (C=O) groups is 1. The summed E-state index contributed by atoms with van der Waals surface area (Å²) in [4.78, 5) is 13.7. The molecule has 1 amide bonds. The molecule has 15 heavy (non-hydrogen) atoms. The third-order valence-electron chi connectivity index (χ3n) is 2.74. The molecule has 1 heterocycles. The van der Waals surface area contributed by atoms with E-state index >= 15 is 0 Å². The van der Waals surface area contributed by atoms with Crippen molar-refractivity contribution in [1.82, 2.24) is 10.2 Å². The summed E-state index contributed by atoms with van der Waals surface area (Å²) in [6, 6.07) is 0. The van der Waals surface area contributed by atoms with Gasteiger partial charge in [-0.25, -0.2) is 0 Å². The molecule has 0 aromatic carbocycles. The molecule has 1 atom stereocenters. The predicted octanol–water partition coefficient (Wildman–Crippen LogP) is 0.359. The molecular weight excluding hydrogens is 192 g/mol. The van der Waals surface area contributed by atoms with Crippen molar-refractivity contribution in [2.75, 3.05) is 26.2 Å². The lowest BCUT2D eigenvalue weighted by Crippen LogP contribution is -2.33. The summed E-state index contributed by atoms with van der Waals surface area (Å²) >= 11 is 0. The van der Waals surface area contributed by atoms with Crippen molar-refractivity contribution in [3.05, 3.63) is 0 Å². The van der Waals surface area contributed by atoms with E-state index < -0.39 is 0 Å². The number of aliphatic hydroxyl groups is 1. The van der Waals surface area contributed by atoms with Crippen molar-refractivity contribution in [1.29, 1.82) is 0 Å². The highest BCUT2D eigenvalue weighted by molar-refractivity contribution is 5.75. The number of carbonyl (C=O) groups excluding carboxylic acids is 1. The first-order valence-corrected chi connectivity index (χ1v) is 5.85. The Morgan fingerprint density at radius 1 is 1.47 bits per heavy atom. The van der Waals surface area contributed by atoms with Gasteiger partial charge in [-0.15, -0.1) is 0 Å². The lowest BCUT2D eigenvalue weighted by Gasteiger charge is -2.14. The second kappa shape index (κ2) is 6.80. The summed E-state index contributed by atoms with van der Waals surface area (Å²) in [6.07, 6.45) is 3.17. The number of hydrogen-bond donors (Lipinski definition) is 2. The molecule has 0 aliphatic carbocycles. The summed E-state index contributed by atoms with van der Waals surface area (Å²) in [6.45, 7) is 5.74. The molecule has 0 aromatic rings. The summed E-state index contributed by atoms with van der Waals surface area (Å²) in [5.74, 6) is 0.0510. The zero-order chi connectivity index (χ0) is 11.1. The van der Waals surface area contributed by atoms with Gasteiger partial charge in [-0.3, -0.25) is 4.79 Å². The largest absolute Gasteiger partial charge is 0.393 e. The molecule has 1 saturated heterocycles. The van der Waals surface area contributed by atoms with Gasteiger partial charge < -0.3 is 15.3 Å². The average molecular weight is 214 g/mol. The van der Waals surface area contributed by atoms with E-state index in [9.17, 15) is 4.79 Å². The number of likely N-dealkylation sites (tertiary alicyclic amines) is 1. The number of rotatable bonds is 6. The molecule has 88 valence electrons. The quantitative estimate of drug-likeness (QED) is 0.671. The maximum atomic E-state index is 11.3. The Kier molecular flexibility index (Phi) is 5.65. The Labute approximate surface area is 91.6 Å². The SMILES string of the molecule is CC(O)CCC(=O)NCCN1CCCC1. The molecule has 1 rings (SSSR count). The Bertz CT molecular complexity index is 189. The van der Waals surface area contributed by atoms with Crippen molar-refractivity contribution in [3.8, 4) is 0 Å². The van der Waals surface area contributed by atoms with Crippen LogP contribution < -0.4 is 5.32 Å². The number of aliphatic hydroxyl groups excluding tert-OH is 1. The predicted molar refractivity (Wildman–Crippen MR) is 59.6 cm³/mol. The Morgan fingerprint density at radius 2 is 2.13 bits per heavy atom. The molecule has 4 nitrogen and oxygen atoms in total. The molecule has 2 N–H and O–H groups in total. The van der Waals surface area contributed by atoms with E-state index in [1.165, 1.54) is 25.9 Å². The third-order valence-corrected chi connectivity index (χ3v) is 2.74. The van der Waals surface area contributed by atoms with Crippen LogP contribution in [-0.4, -0.2) is 48.2 Å². The van der Waals surface area contributed by atoms with Crippen LogP contribution in [0.15, 0.2) is 0 Å². The third kappa shape index (κ3) is 5.74. The van der Waals surface area contributed by atoms with Crippen molar-refractivity contribution in [2.45, 2.75) is 38.7 Å². The van der Waals surface area contributed by atoms with E-state index in [0.717, 1.165) is 13.1 Å². The molecule has 0 spiro atoms. The van der Waals surface area contributed by atoms with Gasteiger partial charge in [0.15, 0.2) is 0 Å². The van der Waals surface area contributed by atoms with Crippen LogP contribution in [0.5, 0.6) is 0 Å². The molecule has 0 radical (unpaired) electrons. The minimum atomic E-state index is -0.380. The van der Waals surface area contributed by atoms with Crippen molar-refractivity contribution in [3.63, 3.8) is 0 Å². The second-order valence-electron chi connectivity index (χ2n) is 4.29. The van der Waals surface area contributed by atoms with Gasteiger partial charge in [-0.2, -0.15) is 0 Å². The molecule has 0 bridgehead atoms. The highest BCUT2D eigenvalue weighted by atomic mass is 16.3. The van der Waals surface area contributed by atoms with Gasteiger partial charge in [-0.1, -0.05) is 0 Å². The molecule has 1 aliphatic heterocycles. The van der Waals surface area contributed by atoms with Crippen LogP contribution in [0.1, 0.15) is 32.6 Å². The zero-order valence-corrected chi connectivity index (χ0v) is 9.54. The van der Waals surface area contributed by atoms with Crippen molar-refractivity contribution < 1.29 is 9.90 Å². The second-order valence-corrected chi connectivity index (χ2v) is 4.29. The van der Waals surface area contributed by atoms with Gasteiger partial charge in [0.25, 0.3) is 0 Å². The number of nitrogens with one attached hydrogen (secondary N) is 1. The number of hydrogen-bond acceptors (Lipinski definition) is 3. The highest BCUT2D eigenvalue weighted by Crippen LogP contribution is 2.05. The molecule has 0 aromatic heterocycles. The highest BCUT2D eigenvalue weighted by Gasteiger charge is 2.11. The summed E-state index contributed by atoms with van der Waals surface area (Å²) in [7, 11) is 0. The van der Waals surface area contributed by atoms with Crippen LogP contribution in [-0.2, 0) is 4.79 Å². The molecule has 0 saturated carbocycles. The van der Waals surface area contributed by atoms with Crippen LogP contribution in [0.4, 0.5) is 0 Å². The maximum absolute atomic E-state index is 11.3. The average Bonchev–Trinajstić information content (AvgIpc) is 2.67. The monoisotopic (exact) mass is 214 g/mol. The Morgan fingerprint density at radius 3 is 2.73 bits per heavy atom. The van der Waals surface area contributed by atoms with Gasteiger partial charge in [-0.05, 0) is 39.3 Å². The minimum Gasteiger partial charge on any atom is -0.393 e. The van der Waals surface area contributed by atoms with Gasteiger partial charge in [0.1, 0.15) is 0 Å². The lowest BCUT2D eigenvalue weighted by atomic mass is 10.2. The van der Waals surface area contributed by atoms with E-state index in [1.54, 1.807) is 6.92 Å².